The lowest BCUT2D eigenvalue weighted by molar-refractivity contribution is -0.0892. The summed E-state index contributed by atoms with van der Waals surface area (Å²) >= 11 is 0. The van der Waals surface area contributed by atoms with Crippen LogP contribution in [0, 0.1) is 0 Å². The fourth-order valence-corrected chi connectivity index (χ4v) is 1.04. The minimum Gasteiger partial charge on any atom is -0.440 e. The van der Waals surface area contributed by atoms with Gasteiger partial charge in [0.05, 0.1) is 16.8 Å². The van der Waals surface area contributed by atoms with E-state index in [1.165, 1.54) is 0 Å². The first-order valence-electron chi connectivity index (χ1n) is 6.50. The second-order valence-corrected chi connectivity index (χ2v) is 8.44. The van der Waals surface area contributed by atoms with Crippen molar-refractivity contribution in [1.82, 2.24) is 0 Å². The van der Waals surface area contributed by atoms with E-state index in [9.17, 15) is 5.11 Å². The van der Waals surface area contributed by atoms with E-state index in [0.717, 1.165) is 0 Å². The maximum absolute atomic E-state index is 9.96. The highest BCUT2D eigenvalue weighted by atomic mass is 31.0. The van der Waals surface area contributed by atoms with E-state index in [4.69, 9.17) is 9.31 Å². The van der Waals surface area contributed by atoms with E-state index in [1.807, 2.05) is 13.8 Å². The third kappa shape index (κ3) is 5.21. The molecule has 1 atom stereocenters. The standard InChI is InChI=1S/C12H29B2O3P/c1-9(2,15)10(3,4)16-13-14-17-11(5,6)12(7,8)18/h13-15H,18H2,1-8H3. The largest absolute Gasteiger partial charge is 0.440 e. The third-order valence-electron chi connectivity index (χ3n) is 4.03. The fourth-order valence-electron chi connectivity index (χ4n) is 0.956. The molecule has 0 radical (unpaired) electrons. The van der Waals surface area contributed by atoms with Gasteiger partial charge in [-0.2, -0.15) is 0 Å². The molecule has 0 aliphatic rings. The molecule has 0 saturated heterocycles. The van der Waals surface area contributed by atoms with E-state index >= 15 is 0 Å². The Bertz CT molecular complexity index is 239. The molecule has 0 aliphatic heterocycles. The van der Waals surface area contributed by atoms with Gasteiger partial charge in [-0.05, 0) is 41.5 Å². The van der Waals surface area contributed by atoms with Crippen LogP contribution in [0.1, 0.15) is 55.4 Å². The second kappa shape index (κ2) is 5.83. The molecule has 0 heterocycles. The predicted octanol–water partition coefficient (Wildman–Crippen LogP) is 1.62. The van der Waals surface area contributed by atoms with Gasteiger partial charge >= 0.3 is 0 Å². The first kappa shape index (κ1) is 18.4. The Morgan fingerprint density at radius 2 is 1.11 bits per heavy atom. The number of aliphatic hydroxyl groups is 1. The Kier molecular flexibility index (Phi) is 5.97. The molecule has 0 rings (SSSR count). The van der Waals surface area contributed by atoms with Gasteiger partial charge in [0.15, 0.2) is 0 Å². The van der Waals surface area contributed by atoms with Gasteiger partial charge in [0, 0.05) is 5.16 Å². The molecule has 1 N–H and O–H groups in total. The van der Waals surface area contributed by atoms with Gasteiger partial charge in [-0.3, -0.25) is 0 Å². The summed E-state index contributed by atoms with van der Waals surface area (Å²) in [5.41, 5.74) is -1.70. The maximum atomic E-state index is 9.96. The van der Waals surface area contributed by atoms with Crippen molar-refractivity contribution in [2.45, 2.75) is 77.3 Å². The average molecular weight is 274 g/mol. The monoisotopic (exact) mass is 274 g/mol. The second-order valence-electron chi connectivity index (χ2n) is 7.00. The normalized spacial score (nSPS) is 14.6. The van der Waals surface area contributed by atoms with Gasteiger partial charge in [-0.25, -0.2) is 0 Å². The first-order chi connectivity index (χ1) is 7.71. The van der Waals surface area contributed by atoms with Gasteiger partial charge in [0.2, 0.25) is 0 Å². The average Bonchev–Trinajstić information content (AvgIpc) is 2.08. The molecule has 106 valence electrons. The maximum Gasteiger partial charge on any atom is 0.272 e. The zero-order chi connectivity index (χ0) is 14.8. The summed E-state index contributed by atoms with van der Waals surface area (Å²) < 4.78 is 11.6. The molecule has 1 unspecified atom stereocenters. The van der Waals surface area contributed by atoms with Crippen LogP contribution in [0.5, 0.6) is 0 Å². The number of hydrogen-bond donors (Lipinski definition) is 1. The molecule has 0 bridgehead atoms. The van der Waals surface area contributed by atoms with Crippen molar-refractivity contribution in [3.63, 3.8) is 0 Å². The Morgan fingerprint density at radius 1 is 0.778 bits per heavy atom. The highest BCUT2D eigenvalue weighted by molar-refractivity contribution is 7.19. The van der Waals surface area contributed by atoms with Crippen LogP contribution in [0.25, 0.3) is 0 Å². The van der Waals surface area contributed by atoms with Crippen molar-refractivity contribution in [3.05, 3.63) is 0 Å². The van der Waals surface area contributed by atoms with Crippen molar-refractivity contribution in [2.24, 2.45) is 0 Å². The van der Waals surface area contributed by atoms with Gasteiger partial charge in [0.1, 0.15) is 0 Å². The zero-order valence-electron chi connectivity index (χ0n) is 13.3. The lowest BCUT2D eigenvalue weighted by Crippen LogP contribution is -2.50. The molecule has 6 heteroatoms. The summed E-state index contributed by atoms with van der Waals surface area (Å²) in [6.07, 6.45) is 0. The summed E-state index contributed by atoms with van der Waals surface area (Å²) in [6, 6.07) is 0. The zero-order valence-corrected chi connectivity index (χ0v) is 14.4. The van der Waals surface area contributed by atoms with E-state index < -0.39 is 11.2 Å². The summed E-state index contributed by atoms with van der Waals surface area (Å²) in [6.45, 7) is 15.7. The molecular weight excluding hydrogens is 245 g/mol. The molecule has 0 saturated carbocycles. The van der Waals surface area contributed by atoms with Gasteiger partial charge in [-0.15, -0.1) is 9.24 Å². The van der Waals surface area contributed by atoms with Crippen molar-refractivity contribution in [3.8, 4) is 0 Å². The summed E-state index contributed by atoms with van der Waals surface area (Å²) in [4.78, 5) is 0. The van der Waals surface area contributed by atoms with E-state index in [2.05, 4.69) is 36.9 Å². The molecule has 0 spiro atoms. The van der Waals surface area contributed by atoms with E-state index in [-0.39, 0.29) is 10.8 Å². The van der Waals surface area contributed by atoms with Crippen LogP contribution < -0.4 is 0 Å². The molecule has 0 aromatic carbocycles. The van der Waals surface area contributed by atoms with E-state index in [0.29, 0.717) is 14.7 Å². The first-order valence-corrected chi connectivity index (χ1v) is 7.08. The van der Waals surface area contributed by atoms with Crippen molar-refractivity contribution in [2.75, 3.05) is 0 Å². The fraction of sp³-hybridized carbons (Fsp3) is 1.00. The SMILES string of the molecule is CC(C)(O)C(C)(C)OBBOC(C)(C)C(C)(C)P. The molecule has 0 aromatic heterocycles. The quantitative estimate of drug-likeness (QED) is 0.435. The third-order valence-corrected chi connectivity index (χ3v) is 4.73. The Morgan fingerprint density at radius 3 is 1.39 bits per heavy atom. The summed E-state index contributed by atoms with van der Waals surface area (Å²) in [5, 5.41) is 9.96. The Labute approximate surface area is 116 Å². The summed E-state index contributed by atoms with van der Waals surface area (Å²) in [5.74, 6) is 0. The summed E-state index contributed by atoms with van der Waals surface area (Å²) in [7, 11) is 3.80. The van der Waals surface area contributed by atoms with Crippen LogP contribution in [0.15, 0.2) is 0 Å². The van der Waals surface area contributed by atoms with Crippen LogP contribution in [-0.2, 0) is 9.31 Å². The van der Waals surface area contributed by atoms with E-state index in [1.54, 1.807) is 13.8 Å². The molecule has 0 aliphatic carbocycles. The molecule has 0 amide bonds. The van der Waals surface area contributed by atoms with Crippen molar-refractivity contribution < 1.29 is 14.4 Å². The van der Waals surface area contributed by atoms with Gasteiger partial charge < -0.3 is 14.4 Å². The Hall–Kier alpha value is 0.440. The van der Waals surface area contributed by atoms with Gasteiger partial charge in [0.25, 0.3) is 14.7 Å². The van der Waals surface area contributed by atoms with Crippen LogP contribution in [0.2, 0.25) is 0 Å². The molecular formula is C12H29B2O3P. The smallest absolute Gasteiger partial charge is 0.272 e. The number of hydrogen-bond acceptors (Lipinski definition) is 3. The van der Waals surface area contributed by atoms with Crippen LogP contribution in [0.3, 0.4) is 0 Å². The molecule has 18 heavy (non-hydrogen) atoms. The van der Waals surface area contributed by atoms with Crippen LogP contribution in [-0.4, -0.2) is 41.8 Å². The molecule has 0 fully saturated rings. The molecule has 0 aromatic rings. The number of rotatable bonds is 7. The highest BCUT2D eigenvalue weighted by Crippen LogP contribution is 2.33. The van der Waals surface area contributed by atoms with Crippen LogP contribution >= 0.6 is 9.24 Å². The predicted molar refractivity (Wildman–Crippen MR) is 84.7 cm³/mol. The van der Waals surface area contributed by atoms with Crippen LogP contribution in [0.4, 0.5) is 0 Å². The van der Waals surface area contributed by atoms with Crippen molar-refractivity contribution >= 4 is 24.0 Å². The Balaban J connectivity index is 4.17. The minimum absolute atomic E-state index is 0.00122. The lowest BCUT2D eigenvalue weighted by atomic mass is 9.62. The lowest BCUT2D eigenvalue weighted by Gasteiger charge is -2.40. The van der Waals surface area contributed by atoms with Crippen molar-refractivity contribution in [1.29, 1.82) is 0 Å². The minimum atomic E-state index is -0.873. The molecule has 3 nitrogen and oxygen atoms in total. The highest BCUT2D eigenvalue weighted by Gasteiger charge is 2.37. The topological polar surface area (TPSA) is 38.7 Å². The van der Waals surface area contributed by atoms with Gasteiger partial charge in [-0.1, -0.05) is 13.8 Å².